The van der Waals surface area contributed by atoms with Crippen LogP contribution < -0.4 is 10.5 Å². The van der Waals surface area contributed by atoms with Crippen LogP contribution in [-0.4, -0.2) is 11.1 Å². The van der Waals surface area contributed by atoms with Gasteiger partial charge in [0.05, 0.1) is 11.3 Å². The molecule has 0 aromatic heterocycles. The zero-order chi connectivity index (χ0) is 14.0. The molecule has 0 aliphatic rings. The summed E-state index contributed by atoms with van der Waals surface area (Å²) in [5.41, 5.74) is 5.36. The van der Waals surface area contributed by atoms with E-state index in [0.29, 0.717) is 6.07 Å². The molecular weight excluding hydrogens is 256 g/mol. The molecule has 0 amide bonds. The summed E-state index contributed by atoms with van der Waals surface area (Å²) in [6.07, 6.45) is 0. The van der Waals surface area contributed by atoms with Crippen LogP contribution in [-0.2, 0) is 0 Å². The normalized spacial score (nSPS) is 10.2. The Labute approximate surface area is 107 Å². The zero-order valence-corrected chi connectivity index (χ0v) is 9.56. The van der Waals surface area contributed by atoms with Gasteiger partial charge >= 0.3 is 5.97 Å². The van der Waals surface area contributed by atoms with E-state index in [0.717, 1.165) is 12.1 Å². The molecule has 0 heterocycles. The number of para-hydroxylation sites is 1. The van der Waals surface area contributed by atoms with E-state index in [1.807, 2.05) is 0 Å². The molecule has 2 aromatic carbocycles. The Hall–Kier alpha value is -2.63. The third-order valence-corrected chi connectivity index (χ3v) is 2.36. The summed E-state index contributed by atoms with van der Waals surface area (Å²) >= 11 is 0. The predicted molar refractivity (Wildman–Crippen MR) is 64.2 cm³/mol. The number of nitrogen functional groups attached to an aromatic ring is 1. The molecule has 0 spiro atoms. The van der Waals surface area contributed by atoms with Gasteiger partial charge in [-0.15, -0.1) is 0 Å². The Bertz CT molecular complexity index is 624. The second kappa shape index (κ2) is 4.93. The van der Waals surface area contributed by atoms with Crippen LogP contribution in [0.2, 0.25) is 0 Å². The van der Waals surface area contributed by atoms with Crippen LogP contribution in [0.4, 0.5) is 14.5 Å². The molecule has 0 radical (unpaired) electrons. The first-order valence-electron chi connectivity index (χ1n) is 5.23. The summed E-state index contributed by atoms with van der Waals surface area (Å²) in [7, 11) is 0. The van der Waals surface area contributed by atoms with E-state index >= 15 is 0 Å². The molecule has 0 atom stereocenters. The highest BCUT2D eigenvalue weighted by molar-refractivity contribution is 5.95. The van der Waals surface area contributed by atoms with Gasteiger partial charge in [-0.25, -0.2) is 13.6 Å². The van der Waals surface area contributed by atoms with E-state index in [1.54, 1.807) is 0 Å². The van der Waals surface area contributed by atoms with Gasteiger partial charge in [0.2, 0.25) is 0 Å². The maximum absolute atomic E-state index is 13.0. The monoisotopic (exact) mass is 265 g/mol. The third-order valence-electron chi connectivity index (χ3n) is 2.36. The van der Waals surface area contributed by atoms with Gasteiger partial charge in [-0.3, -0.25) is 0 Å². The summed E-state index contributed by atoms with van der Waals surface area (Å²) in [6, 6.07) is 6.77. The van der Waals surface area contributed by atoms with E-state index in [4.69, 9.17) is 15.6 Å². The summed E-state index contributed by atoms with van der Waals surface area (Å²) in [5, 5.41) is 8.89. The standard InChI is InChI=1S/C13H9F2NO3/c14-7-4-8(15)6-9(5-7)19-11-3-1-2-10(12(11)16)13(17)18/h1-6H,16H2,(H,17,18). The lowest BCUT2D eigenvalue weighted by atomic mass is 10.1. The summed E-state index contributed by atoms with van der Waals surface area (Å²) in [5.74, 6) is -2.91. The molecule has 98 valence electrons. The number of carbonyl (C=O) groups is 1. The fraction of sp³-hybridized carbons (Fsp3) is 0. The van der Waals surface area contributed by atoms with E-state index in [2.05, 4.69) is 0 Å². The summed E-state index contributed by atoms with van der Waals surface area (Å²) in [6.45, 7) is 0. The smallest absolute Gasteiger partial charge is 0.337 e. The minimum Gasteiger partial charge on any atom is -0.478 e. The van der Waals surface area contributed by atoms with Crippen molar-refractivity contribution in [2.75, 3.05) is 5.73 Å². The number of carboxylic acid groups (broad SMARTS) is 1. The molecule has 3 N–H and O–H groups in total. The molecule has 0 saturated carbocycles. The molecule has 0 fully saturated rings. The summed E-state index contributed by atoms with van der Waals surface area (Å²) < 4.78 is 31.2. The number of rotatable bonds is 3. The highest BCUT2D eigenvalue weighted by Crippen LogP contribution is 2.30. The topological polar surface area (TPSA) is 72.5 Å². The third kappa shape index (κ3) is 2.79. The summed E-state index contributed by atoms with van der Waals surface area (Å²) in [4.78, 5) is 10.9. The number of hydrogen-bond acceptors (Lipinski definition) is 3. The van der Waals surface area contributed by atoms with Crippen molar-refractivity contribution in [1.29, 1.82) is 0 Å². The van der Waals surface area contributed by atoms with Crippen LogP contribution in [0.3, 0.4) is 0 Å². The van der Waals surface area contributed by atoms with Crippen LogP contribution in [0.5, 0.6) is 11.5 Å². The second-order valence-corrected chi connectivity index (χ2v) is 3.73. The minimum absolute atomic E-state index is 0.0184. The van der Waals surface area contributed by atoms with Crippen LogP contribution in [0.1, 0.15) is 10.4 Å². The van der Waals surface area contributed by atoms with Gasteiger partial charge in [-0.1, -0.05) is 6.07 Å². The van der Waals surface area contributed by atoms with Crippen molar-refractivity contribution < 1.29 is 23.4 Å². The number of halogens is 2. The molecule has 19 heavy (non-hydrogen) atoms. The van der Waals surface area contributed by atoms with Crippen molar-refractivity contribution in [3.63, 3.8) is 0 Å². The number of carboxylic acids is 1. The number of benzene rings is 2. The van der Waals surface area contributed by atoms with Gasteiger partial charge in [-0.05, 0) is 12.1 Å². The van der Waals surface area contributed by atoms with Crippen molar-refractivity contribution in [3.05, 3.63) is 53.6 Å². The van der Waals surface area contributed by atoms with Gasteiger partial charge in [0.25, 0.3) is 0 Å². The Kier molecular flexibility index (Phi) is 3.33. The Morgan fingerprint density at radius 1 is 1.16 bits per heavy atom. The fourth-order valence-electron chi connectivity index (χ4n) is 1.53. The highest BCUT2D eigenvalue weighted by atomic mass is 19.1. The lowest BCUT2D eigenvalue weighted by molar-refractivity contribution is 0.0697. The second-order valence-electron chi connectivity index (χ2n) is 3.73. The van der Waals surface area contributed by atoms with Gasteiger partial charge in [0.15, 0.2) is 5.75 Å². The van der Waals surface area contributed by atoms with Gasteiger partial charge in [0, 0.05) is 18.2 Å². The first-order chi connectivity index (χ1) is 8.97. The number of anilines is 1. The van der Waals surface area contributed by atoms with Crippen LogP contribution in [0.15, 0.2) is 36.4 Å². The molecular formula is C13H9F2NO3. The lowest BCUT2D eigenvalue weighted by Crippen LogP contribution is -2.03. The van der Waals surface area contributed by atoms with Crippen molar-refractivity contribution in [3.8, 4) is 11.5 Å². The first-order valence-corrected chi connectivity index (χ1v) is 5.23. The molecule has 6 heteroatoms. The van der Waals surface area contributed by atoms with Crippen molar-refractivity contribution in [2.45, 2.75) is 0 Å². The van der Waals surface area contributed by atoms with Gasteiger partial charge in [0.1, 0.15) is 17.4 Å². The van der Waals surface area contributed by atoms with Gasteiger partial charge in [-0.2, -0.15) is 0 Å². The zero-order valence-electron chi connectivity index (χ0n) is 9.56. The molecule has 4 nitrogen and oxygen atoms in total. The fourth-order valence-corrected chi connectivity index (χ4v) is 1.53. The van der Waals surface area contributed by atoms with Crippen LogP contribution in [0, 0.1) is 11.6 Å². The van der Waals surface area contributed by atoms with E-state index < -0.39 is 17.6 Å². The average Bonchev–Trinajstić information content (AvgIpc) is 2.30. The molecule has 2 aromatic rings. The van der Waals surface area contributed by atoms with Crippen molar-refractivity contribution >= 4 is 11.7 Å². The number of hydrogen-bond donors (Lipinski definition) is 2. The van der Waals surface area contributed by atoms with Gasteiger partial charge < -0.3 is 15.6 Å². The van der Waals surface area contributed by atoms with Crippen molar-refractivity contribution in [2.24, 2.45) is 0 Å². The van der Waals surface area contributed by atoms with Crippen LogP contribution >= 0.6 is 0 Å². The molecule has 0 aliphatic heterocycles. The largest absolute Gasteiger partial charge is 0.478 e. The number of aromatic carboxylic acids is 1. The average molecular weight is 265 g/mol. The maximum Gasteiger partial charge on any atom is 0.337 e. The van der Waals surface area contributed by atoms with E-state index in [9.17, 15) is 13.6 Å². The molecule has 0 saturated heterocycles. The Balaban J connectivity index is 2.38. The van der Waals surface area contributed by atoms with Crippen molar-refractivity contribution in [1.82, 2.24) is 0 Å². The number of nitrogens with two attached hydrogens (primary N) is 1. The SMILES string of the molecule is Nc1c(Oc2cc(F)cc(F)c2)cccc1C(=O)O. The molecule has 2 rings (SSSR count). The Morgan fingerprint density at radius 3 is 2.37 bits per heavy atom. The lowest BCUT2D eigenvalue weighted by Gasteiger charge is -2.10. The van der Waals surface area contributed by atoms with E-state index in [-0.39, 0.29) is 22.7 Å². The van der Waals surface area contributed by atoms with E-state index in [1.165, 1.54) is 18.2 Å². The molecule has 0 bridgehead atoms. The molecule has 0 unspecified atom stereocenters. The maximum atomic E-state index is 13.0. The Morgan fingerprint density at radius 2 is 1.79 bits per heavy atom. The highest BCUT2D eigenvalue weighted by Gasteiger charge is 2.13. The minimum atomic E-state index is -1.21. The first kappa shape index (κ1) is 12.8. The predicted octanol–water partition coefficient (Wildman–Crippen LogP) is 3.04. The quantitative estimate of drug-likeness (QED) is 0.836. The number of ether oxygens (including phenoxy) is 1. The molecule has 0 aliphatic carbocycles. The van der Waals surface area contributed by atoms with Crippen LogP contribution in [0.25, 0.3) is 0 Å².